The van der Waals surface area contributed by atoms with Gasteiger partial charge in [0.2, 0.25) is 0 Å². The van der Waals surface area contributed by atoms with Gasteiger partial charge in [-0.3, -0.25) is 15.0 Å². The van der Waals surface area contributed by atoms with Gasteiger partial charge in [-0.2, -0.15) is 0 Å². The predicted octanol–water partition coefficient (Wildman–Crippen LogP) is 3.37. The molecule has 104 valence electrons. The minimum absolute atomic E-state index is 0.0711. The fraction of sp³-hybridized carbons (Fsp3) is 0.200. The zero-order chi connectivity index (χ0) is 14.5. The van der Waals surface area contributed by atoms with Crippen LogP contribution in [0.5, 0.6) is 0 Å². The second-order valence-electron chi connectivity index (χ2n) is 4.69. The maximum atomic E-state index is 13.5. The van der Waals surface area contributed by atoms with Crippen LogP contribution < -0.4 is 0 Å². The van der Waals surface area contributed by atoms with Gasteiger partial charge in [0, 0.05) is 30.8 Å². The third-order valence-corrected chi connectivity index (χ3v) is 2.97. The minimum Gasteiger partial charge on any atom is -0.298 e. The number of non-ortho nitro benzene ring substituents is 1. The largest absolute Gasteiger partial charge is 0.298 e. The molecule has 0 saturated carbocycles. The van der Waals surface area contributed by atoms with Gasteiger partial charge in [0.05, 0.1) is 4.92 Å². The number of halogens is 1. The number of rotatable bonds is 5. The van der Waals surface area contributed by atoms with Gasteiger partial charge < -0.3 is 0 Å². The van der Waals surface area contributed by atoms with Gasteiger partial charge in [0.25, 0.3) is 5.69 Å². The standard InChI is InChI=1S/C15H15FN2O2/c1-17(11-13-6-2-3-8-15(13)16)10-12-5-4-7-14(9-12)18(19)20/h2-9H,10-11H2,1H3. The molecule has 2 aromatic rings. The van der Waals surface area contributed by atoms with Crippen LogP contribution in [0.2, 0.25) is 0 Å². The van der Waals surface area contributed by atoms with Crippen LogP contribution >= 0.6 is 0 Å². The van der Waals surface area contributed by atoms with E-state index in [0.29, 0.717) is 18.7 Å². The fourth-order valence-corrected chi connectivity index (χ4v) is 2.05. The number of nitrogens with zero attached hydrogens (tertiary/aromatic N) is 2. The first-order chi connectivity index (χ1) is 9.56. The molecule has 0 aliphatic rings. The molecule has 0 aliphatic heterocycles. The number of nitro groups is 1. The van der Waals surface area contributed by atoms with E-state index in [2.05, 4.69) is 0 Å². The summed E-state index contributed by atoms with van der Waals surface area (Å²) in [5.41, 5.74) is 1.51. The maximum Gasteiger partial charge on any atom is 0.269 e. The van der Waals surface area contributed by atoms with E-state index in [0.717, 1.165) is 5.56 Å². The van der Waals surface area contributed by atoms with E-state index < -0.39 is 4.92 Å². The van der Waals surface area contributed by atoms with Crippen molar-refractivity contribution in [3.05, 3.63) is 75.6 Å². The lowest BCUT2D eigenvalue weighted by Crippen LogP contribution is -2.18. The fourth-order valence-electron chi connectivity index (χ4n) is 2.05. The molecule has 0 spiro atoms. The third-order valence-electron chi connectivity index (χ3n) is 2.97. The number of nitro benzene ring substituents is 1. The Balaban J connectivity index is 2.05. The van der Waals surface area contributed by atoms with Crippen molar-refractivity contribution in [1.82, 2.24) is 4.90 Å². The number of benzene rings is 2. The monoisotopic (exact) mass is 274 g/mol. The number of hydrogen-bond acceptors (Lipinski definition) is 3. The molecular formula is C15H15FN2O2. The van der Waals surface area contributed by atoms with Gasteiger partial charge in [-0.25, -0.2) is 4.39 Å². The van der Waals surface area contributed by atoms with E-state index in [4.69, 9.17) is 0 Å². The van der Waals surface area contributed by atoms with Gasteiger partial charge in [-0.1, -0.05) is 30.3 Å². The predicted molar refractivity (Wildman–Crippen MR) is 74.7 cm³/mol. The molecule has 0 N–H and O–H groups in total. The Hall–Kier alpha value is -2.27. The van der Waals surface area contributed by atoms with E-state index in [1.807, 2.05) is 18.0 Å². The zero-order valence-electron chi connectivity index (χ0n) is 11.1. The van der Waals surface area contributed by atoms with Gasteiger partial charge in [0.15, 0.2) is 0 Å². The van der Waals surface area contributed by atoms with Crippen molar-refractivity contribution in [2.24, 2.45) is 0 Å². The summed E-state index contributed by atoms with van der Waals surface area (Å²) in [6, 6.07) is 13.1. The van der Waals surface area contributed by atoms with Crippen molar-refractivity contribution in [3.8, 4) is 0 Å². The van der Waals surface area contributed by atoms with Crippen molar-refractivity contribution in [2.45, 2.75) is 13.1 Å². The van der Waals surface area contributed by atoms with Crippen molar-refractivity contribution in [1.29, 1.82) is 0 Å². The highest BCUT2D eigenvalue weighted by Crippen LogP contribution is 2.16. The summed E-state index contributed by atoms with van der Waals surface area (Å²) in [4.78, 5) is 12.2. The quantitative estimate of drug-likeness (QED) is 0.620. The van der Waals surface area contributed by atoms with Crippen molar-refractivity contribution >= 4 is 5.69 Å². The van der Waals surface area contributed by atoms with Crippen LogP contribution in [0.3, 0.4) is 0 Å². The van der Waals surface area contributed by atoms with Crippen molar-refractivity contribution in [2.75, 3.05) is 7.05 Å². The normalized spacial score (nSPS) is 10.8. The lowest BCUT2D eigenvalue weighted by molar-refractivity contribution is -0.384. The Morgan fingerprint density at radius 3 is 2.60 bits per heavy atom. The summed E-state index contributed by atoms with van der Waals surface area (Å²) in [5.74, 6) is -0.238. The summed E-state index contributed by atoms with van der Waals surface area (Å²) in [5, 5.41) is 10.7. The Kier molecular flexibility index (Phi) is 4.42. The molecule has 0 amide bonds. The molecule has 0 aliphatic carbocycles. The number of hydrogen-bond donors (Lipinski definition) is 0. The molecule has 2 rings (SSSR count). The van der Waals surface area contributed by atoms with Crippen molar-refractivity contribution < 1.29 is 9.31 Å². The Morgan fingerprint density at radius 2 is 1.90 bits per heavy atom. The van der Waals surface area contributed by atoms with Gasteiger partial charge in [-0.15, -0.1) is 0 Å². The van der Waals surface area contributed by atoms with Crippen LogP contribution in [0, 0.1) is 15.9 Å². The zero-order valence-corrected chi connectivity index (χ0v) is 11.1. The van der Waals surface area contributed by atoms with E-state index in [1.165, 1.54) is 18.2 Å². The highest BCUT2D eigenvalue weighted by molar-refractivity contribution is 5.34. The smallest absolute Gasteiger partial charge is 0.269 e. The van der Waals surface area contributed by atoms with Gasteiger partial charge in [-0.05, 0) is 18.7 Å². The molecule has 0 fully saturated rings. The summed E-state index contributed by atoms with van der Waals surface area (Å²) < 4.78 is 13.5. The molecule has 0 atom stereocenters. The molecule has 0 unspecified atom stereocenters. The third kappa shape index (κ3) is 3.61. The van der Waals surface area contributed by atoms with E-state index >= 15 is 0 Å². The van der Waals surface area contributed by atoms with E-state index in [-0.39, 0.29) is 11.5 Å². The van der Waals surface area contributed by atoms with Crippen LogP contribution in [0.15, 0.2) is 48.5 Å². The first-order valence-electron chi connectivity index (χ1n) is 6.21. The Morgan fingerprint density at radius 1 is 1.15 bits per heavy atom. The first kappa shape index (κ1) is 14.1. The SMILES string of the molecule is CN(Cc1cccc([N+](=O)[O-])c1)Cc1ccccc1F. The molecule has 0 aromatic heterocycles. The summed E-state index contributed by atoms with van der Waals surface area (Å²) in [7, 11) is 1.85. The average Bonchev–Trinajstić information content (AvgIpc) is 2.41. The molecule has 0 saturated heterocycles. The molecule has 0 radical (unpaired) electrons. The van der Waals surface area contributed by atoms with Crippen LogP contribution in [-0.2, 0) is 13.1 Å². The molecular weight excluding hydrogens is 259 g/mol. The minimum atomic E-state index is -0.416. The highest BCUT2D eigenvalue weighted by Gasteiger charge is 2.09. The highest BCUT2D eigenvalue weighted by atomic mass is 19.1. The Bertz CT molecular complexity index is 616. The Labute approximate surface area is 116 Å². The van der Waals surface area contributed by atoms with Gasteiger partial charge >= 0.3 is 0 Å². The molecule has 20 heavy (non-hydrogen) atoms. The molecule has 4 nitrogen and oxygen atoms in total. The van der Waals surface area contributed by atoms with E-state index in [1.54, 1.807) is 24.3 Å². The molecule has 2 aromatic carbocycles. The molecule has 0 bridgehead atoms. The topological polar surface area (TPSA) is 46.4 Å². The van der Waals surface area contributed by atoms with Crippen LogP contribution in [0.1, 0.15) is 11.1 Å². The second kappa shape index (κ2) is 6.25. The summed E-state index contributed by atoms with van der Waals surface area (Å²) in [6.45, 7) is 0.978. The van der Waals surface area contributed by atoms with Crippen LogP contribution in [0.25, 0.3) is 0 Å². The summed E-state index contributed by atoms with van der Waals surface area (Å²) in [6.07, 6.45) is 0. The molecule has 5 heteroatoms. The van der Waals surface area contributed by atoms with Gasteiger partial charge in [0.1, 0.15) is 5.82 Å². The maximum absolute atomic E-state index is 13.5. The second-order valence-corrected chi connectivity index (χ2v) is 4.69. The first-order valence-corrected chi connectivity index (χ1v) is 6.21. The van der Waals surface area contributed by atoms with E-state index in [9.17, 15) is 14.5 Å². The van der Waals surface area contributed by atoms with Crippen molar-refractivity contribution in [3.63, 3.8) is 0 Å². The average molecular weight is 274 g/mol. The van der Waals surface area contributed by atoms with Crippen LogP contribution in [-0.4, -0.2) is 16.9 Å². The van der Waals surface area contributed by atoms with Crippen LogP contribution in [0.4, 0.5) is 10.1 Å². The molecule has 0 heterocycles. The summed E-state index contributed by atoms with van der Waals surface area (Å²) >= 11 is 0. The lowest BCUT2D eigenvalue weighted by atomic mass is 10.1. The lowest BCUT2D eigenvalue weighted by Gasteiger charge is -2.17.